The number of hydrogen-bond acceptors (Lipinski definition) is 6. The van der Waals surface area contributed by atoms with E-state index in [0.29, 0.717) is 23.6 Å². The average molecular weight is 323 g/mol. The molecule has 1 aliphatic heterocycles. The number of amides is 1. The highest BCUT2D eigenvalue weighted by Crippen LogP contribution is 2.18. The molecule has 1 aliphatic rings. The summed E-state index contributed by atoms with van der Waals surface area (Å²) in [5, 5.41) is 22.8. The van der Waals surface area contributed by atoms with E-state index >= 15 is 0 Å². The monoisotopic (exact) mass is 323 g/mol. The lowest BCUT2D eigenvalue weighted by Crippen LogP contribution is -2.32. The van der Waals surface area contributed by atoms with Crippen LogP contribution in [0.25, 0.3) is 0 Å². The maximum atomic E-state index is 12.0. The molecule has 24 heavy (non-hydrogen) atoms. The van der Waals surface area contributed by atoms with Gasteiger partial charge in [0.15, 0.2) is 11.5 Å². The van der Waals surface area contributed by atoms with Gasteiger partial charge in [-0.2, -0.15) is 5.26 Å². The van der Waals surface area contributed by atoms with Crippen molar-refractivity contribution in [3.05, 3.63) is 47.7 Å². The predicted molar refractivity (Wildman–Crippen MR) is 87.8 cm³/mol. The van der Waals surface area contributed by atoms with E-state index in [1.807, 2.05) is 6.07 Å². The summed E-state index contributed by atoms with van der Waals surface area (Å²) in [6, 6.07) is 12.5. The third kappa shape index (κ3) is 3.86. The second-order valence-corrected chi connectivity index (χ2v) is 5.43. The Morgan fingerprint density at radius 2 is 2.17 bits per heavy atom. The van der Waals surface area contributed by atoms with Crippen LogP contribution in [0.3, 0.4) is 0 Å². The molecule has 1 amide bonds. The zero-order valence-corrected chi connectivity index (χ0v) is 13.0. The van der Waals surface area contributed by atoms with E-state index in [9.17, 15) is 4.79 Å². The Kier molecular flexibility index (Phi) is 4.99. The third-order valence-electron chi connectivity index (χ3n) is 3.72. The van der Waals surface area contributed by atoms with Crippen molar-refractivity contribution in [3.63, 3.8) is 0 Å². The van der Waals surface area contributed by atoms with Crippen molar-refractivity contribution in [2.24, 2.45) is 0 Å². The Bertz CT molecular complexity index is 748. The predicted octanol–water partition coefficient (Wildman–Crippen LogP) is 2.00. The number of carbonyl (C=O) groups excluding carboxylic acids is 1. The number of anilines is 2. The van der Waals surface area contributed by atoms with Crippen LogP contribution in [0.2, 0.25) is 0 Å². The molecule has 2 N–H and O–H groups in total. The maximum Gasteiger partial charge on any atom is 0.271 e. The molecule has 1 fully saturated rings. The molecule has 1 saturated heterocycles. The van der Waals surface area contributed by atoms with Crippen molar-refractivity contribution in [2.75, 3.05) is 18.5 Å². The zero-order chi connectivity index (χ0) is 16.8. The van der Waals surface area contributed by atoms with E-state index < -0.39 is 0 Å². The first-order chi connectivity index (χ1) is 11.8. The number of nitrogens with one attached hydrogen (secondary N) is 2. The van der Waals surface area contributed by atoms with Crippen LogP contribution in [-0.2, 0) is 4.74 Å². The standard InChI is InChI=1S/C17H17N5O2/c18-10-12-4-1-2-6-14(12)20-16-8-7-15(21-22-16)17(23)19-11-13-5-3-9-24-13/h1-2,4,6-8,13H,3,5,9,11H2,(H,19,23)(H,20,22). The van der Waals surface area contributed by atoms with E-state index in [1.165, 1.54) is 0 Å². The Labute approximate surface area is 139 Å². The van der Waals surface area contributed by atoms with E-state index in [0.717, 1.165) is 19.4 Å². The third-order valence-corrected chi connectivity index (χ3v) is 3.72. The number of aromatic nitrogens is 2. The molecule has 0 saturated carbocycles. The molecule has 3 rings (SSSR count). The average Bonchev–Trinajstić information content (AvgIpc) is 3.14. The number of benzene rings is 1. The Morgan fingerprint density at radius 1 is 1.29 bits per heavy atom. The molecule has 1 aromatic heterocycles. The van der Waals surface area contributed by atoms with Crippen molar-refractivity contribution < 1.29 is 9.53 Å². The fourth-order valence-electron chi connectivity index (χ4n) is 2.45. The van der Waals surface area contributed by atoms with Crippen molar-refractivity contribution in [1.29, 1.82) is 5.26 Å². The molecular weight excluding hydrogens is 306 g/mol. The van der Waals surface area contributed by atoms with E-state index in [4.69, 9.17) is 10.00 Å². The van der Waals surface area contributed by atoms with Crippen molar-refractivity contribution in [3.8, 4) is 6.07 Å². The molecule has 0 radical (unpaired) electrons. The minimum absolute atomic E-state index is 0.0883. The number of hydrogen-bond donors (Lipinski definition) is 2. The highest BCUT2D eigenvalue weighted by molar-refractivity contribution is 5.92. The molecular formula is C17H17N5O2. The van der Waals surface area contributed by atoms with Gasteiger partial charge < -0.3 is 15.4 Å². The minimum atomic E-state index is -0.276. The largest absolute Gasteiger partial charge is 0.376 e. The molecule has 1 atom stereocenters. The summed E-state index contributed by atoms with van der Waals surface area (Å²) in [7, 11) is 0. The van der Waals surface area contributed by atoms with Gasteiger partial charge in [-0.05, 0) is 37.1 Å². The molecule has 0 spiro atoms. The SMILES string of the molecule is N#Cc1ccccc1Nc1ccc(C(=O)NCC2CCCO2)nn1. The van der Waals surface area contributed by atoms with Gasteiger partial charge in [0.1, 0.15) is 6.07 Å². The summed E-state index contributed by atoms with van der Waals surface area (Å²) >= 11 is 0. The smallest absolute Gasteiger partial charge is 0.271 e. The summed E-state index contributed by atoms with van der Waals surface area (Å²) in [6.07, 6.45) is 2.09. The van der Waals surface area contributed by atoms with Gasteiger partial charge in [-0.1, -0.05) is 12.1 Å². The van der Waals surface area contributed by atoms with Crippen LogP contribution >= 0.6 is 0 Å². The van der Waals surface area contributed by atoms with Gasteiger partial charge >= 0.3 is 0 Å². The van der Waals surface area contributed by atoms with Crippen LogP contribution in [0.5, 0.6) is 0 Å². The van der Waals surface area contributed by atoms with Crippen LogP contribution in [-0.4, -0.2) is 35.4 Å². The Hall–Kier alpha value is -2.98. The Balaban J connectivity index is 1.60. The quantitative estimate of drug-likeness (QED) is 0.873. The topological polar surface area (TPSA) is 99.9 Å². The number of nitrogens with zero attached hydrogens (tertiary/aromatic N) is 3. The highest BCUT2D eigenvalue weighted by Gasteiger charge is 2.17. The molecule has 2 aromatic rings. The lowest BCUT2D eigenvalue weighted by atomic mass is 10.2. The lowest BCUT2D eigenvalue weighted by Gasteiger charge is -2.10. The van der Waals surface area contributed by atoms with Gasteiger partial charge in [0.2, 0.25) is 0 Å². The zero-order valence-electron chi connectivity index (χ0n) is 13.0. The van der Waals surface area contributed by atoms with E-state index in [-0.39, 0.29) is 17.7 Å². The second kappa shape index (κ2) is 7.53. The Morgan fingerprint density at radius 3 is 2.88 bits per heavy atom. The minimum Gasteiger partial charge on any atom is -0.376 e. The molecule has 0 bridgehead atoms. The highest BCUT2D eigenvalue weighted by atomic mass is 16.5. The normalized spacial score (nSPS) is 16.4. The van der Waals surface area contributed by atoms with Gasteiger partial charge in [-0.15, -0.1) is 10.2 Å². The van der Waals surface area contributed by atoms with Crippen molar-refractivity contribution in [2.45, 2.75) is 18.9 Å². The van der Waals surface area contributed by atoms with Crippen molar-refractivity contribution in [1.82, 2.24) is 15.5 Å². The van der Waals surface area contributed by atoms with E-state index in [2.05, 4.69) is 26.9 Å². The summed E-state index contributed by atoms with van der Waals surface area (Å²) < 4.78 is 5.46. The molecule has 2 heterocycles. The first-order valence-corrected chi connectivity index (χ1v) is 7.76. The lowest BCUT2D eigenvalue weighted by molar-refractivity contribution is 0.0853. The molecule has 122 valence electrons. The molecule has 7 heteroatoms. The fraction of sp³-hybridized carbons (Fsp3) is 0.294. The number of nitriles is 1. The fourth-order valence-corrected chi connectivity index (χ4v) is 2.45. The van der Waals surface area contributed by atoms with Gasteiger partial charge in [0.05, 0.1) is 17.4 Å². The van der Waals surface area contributed by atoms with Gasteiger partial charge in [-0.3, -0.25) is 4.79 Å². The number of carbonyl (C=O) groups is 1. The van der Waals surface area contributed by atoms with Crippen LogP contribution in [0.1, 0.15) is 28.9 Å². The van der Waals surface area contributed by atoms with Gasteiger partial charge in [0.25, 0.3) is 5.91 Å². The van der Waals surface area contributed by atoms with Crippen molar-refractivity contribution >= 4 is 17.4 Å². The van der Waals surface area contributed by atoms with Gasteiger partial charge in [0, 0.05) is 13.2 Å². The number of ether oxygens (including phenoxy) is 1. The van der Waals surface area contributed by atoms with Crippen LogP contribution in [0, 0.1) is 11.3 Å². The van der Waals surface area contributed by atoms with Gasteiger partial charge in [-0.25, -0.2) is 0 Å². The summed E-state index contributed by atoms with van der Waals surface area (Å²) in [4.78, 5) is 12.0. The number of rotatable bonds is 5. The first kappa shape index (κ1) is 15.9. The summed E-state index contributed by atoms with van der Waals surface area (Å²) in [5.41, 5.74) is 1.40. The van der Waals surface area contributed by atoms with Crippen LogP contribution in [0.4, 0.5) is 11.5 Å². The summed E-state index contributed by atoms with van der Waals surface area (Å²) in [6.45, 7) is 1.24. The van der Waals surface area contributed by atoms with E-state index in [1.54, 1.807) is 30.3 Å². The van der Waals surface area contributed by atoms with Crippen LogP contribution < -0.4 is 10.6 Å². The van der Waals surface area contributed by atoms with Crippen LogP contribution in [0.15, 0.2) is 36.4 Å². The molecule has 1 unspecified atom stereocenters. The maximum absolute atomic E-state index is 12.0. The number of para-hydroxylation sites is 1. The molecule has 1 aromatic carbocycles. The first-order valence-electron chi connectivity index (χ1n) is 7.76. The molecule has 7 nitrogen and oxygen atoms in total. The summed E-state index contributed by atoms with van der Waals surface area (Å²) in [5.74, 6) is 0.190. The second-order valence-electron chi connectivity index (χ2n) is 5.43. The molecule has 0 aliphatic carbocycles.